The second kappa shape index (κ2) is 10.6. The number of rotatable bonds is 7. The summed E-state index contributed by atoms with van der Waals surface area (Å²) in [4.78, 5) is 12.7. The highest BCUT2D eigenvalue weighted by molar-refractivity contribution is 7.89. The molecule has 8 heteroatoms. The molecule has 1 aliphatic heterocycles. The Morgan fingerprint density at radius 1 is 0.971 bits per heavy atom. The highest BCUT2D eigenvalue weighted by Gasteiger charge is 2.27. The Balaban J connectivity index is 1.45. The van der Waals surface area contributed by atoms with E-state index in [1.54, 1.807) is 43.5 Å². The van der Waals surface area contributed by atoms with Gasteiger partial charge in [-0.25, -0.2) is 13.2 Å². The lowest BCUT2D eigenvalue weighted by molar-refractivity contribution is 0.0734. The molecule has 1 saturated heterocycles. The van der Waals surface area contributed by atoms with Crippen molar-refractivity contribution < 1.29 is 22.7 Å². The van der Waals surface area contributed by atoms with Gasteiger partial charge in [0.15, 0.2) is 0 Å². The summed E-state index contributed by atoms with van der Waals surface area (Å²) in [5, 5.41) is 9.61. The largest absolute Gasteiger partial charge is 0.496 e. The first-order valence-corrected chi connectivity index (χ1v) is 12.5. The van der Waals surface area contributed by atoms with E-state index in [0.29, 0.717) is 35.7 Å². The Hall–Kier alpha value is -3.93. The van der Waals surface area contributed by atoms with Crippen molar-refractivity contribution in [1.82, 2.24) is 4.31 Å². The average Bonchev–Trinajstić information content (AvgIpc) is 3.44. The van der Waals surface area contributed by atoms with Crippen LogP contribution in [0.5, 0.6) is 11.5 Å². The maximum absolute atomic E-state index is 12.6. The summed E-state index contributed by atoms with van der Waals surface area (Å²) in [6, 6.07) is 22.0. The molecule has 3 aromatic rings. The van der Waals surface area contributed by atoms with Crippen molar-refractivity contribution >= 4 is 27.6 Å². The van der Waals surface area contributed by atoms with Gasteiger partial charge < -0.3 is 9.47 Å². The van der Waals surface area contributed by atoms with Gasteiger partial charge in [0.2, 0.25) is 10.0 Å². The second-order valence-electron chi connectivity index (χ2n) is 7.96. The van der Waals surface area contributed by atoms with Crippen molar-refractivity contribution in [1.29, 1.82) is 5.26 Å². The quantitative estimate of drug-likeness (QED) is 0.206. The molecule has 178 valence electrons. The van der Waals surface area contributed by atoms with Crippen LogP contribution in [0.15, 0.2) is 77.7 Å². The van der Waals surface area contributed by atoms with Gasteiger partial charge in [-0.3, -0.25) is 0 Å². The monoisotopic (exact) mass is 488 g/mol. The molecule has 3 aromatic carbocycles. The van der Waals surface area contributed by atoms with Gasteiger partial charge in [-0.15, -0.1) is 0 Å². The van der Waals surface area contributed by atoms with E-state index in [1.807, 2.05) is 18.2 Å². The number of sulfonamides is 1. The lowest BCUT2D eigenvalue weighted by Crippen LogP contribution is -2.27. The van der Waals surface area contributed by atoms with Crippen molar-refractivity contribution in [2.24, 2.45) is 0 Å². The Morgan fingerprint density at radius 3 is 2.26 bits per heavy atom. The van der Waals surface area contributed by atoms with Crippen LogP contribution in [0.2, 0.25) is 0 Å². The van der Waals surface area contributed by atoms with E-state index in [1.165, 1.54) is 28.6 Å². The molecule has 0 radical (unpaired) electrons. The SMILES string of the molecule is COc1ccccc1/C(C#N)=C\c1ccc(OC(=O)c2ccc(S(=O)(=O)N3CCCC3)cc2)cc1. The summed E-state index contributed by atoms with van der Waals surface area (Å²) in [7, 11) is -1.98. The highest BCUT2D eigenvalue weighted by atomic mass is 32.2. The van der Waals surface area contributed by atoms with Gasteiger partial charge in [0, 0.05) is 18.7 Å². The third kappa shape index (κ3) is 5.43. The van der Waals surface area contributed by atoms with Crippen LogP contribution in [0.1, 0.15) is 34.3 Å². The predicted molar refractivity (Wildman–Crippen MR) is 132 cm³/mol. The lowest BCUT2D eigenvalue weighted by Gasteiger charge is -2.15. The summed E-state index contributed by atoms with van der Waals surface area (Å²) in [6.45, 7) is 1.04. The topological polar surface area (TPSA) is 96.7 Å². The molecule has 7 nitrogen and oxygen atoms in total. The average molecular weight is 489 g/mol. The van der Waals surface area contributed by atoms with E-state index >= 15 is 0 Å². The first-order valence-electron chi connectivity index (χ1n) is 11.1. The molecule has 0 amide bonds. The number of nitrogens with zero attached hydrogens (tertiary/aromatic N) is 2. The summed E-state index contributed by atoms with van der Waals surface area (Å²) in [5.41, 5.74) is 2.13. The number of hydrogen-bond acceptors (Lipinski definition) is 6. The minimum Gasteiger partial charge on any atom is -0.496 e. The fourth-order valence-electron chi connectivity index (χ4n) is 3.84. The minimum atomic E-state index is -3.54. The fraction of sp³-hybridized carbons (Fsp3) is 0.185. The molecule has 0 bridgehead atoms. The number of methoxy groups -OCH3 is 1. The highest BCUT2D eigenvalue weighted by Crippen LogP contribution is 2.27. The molecule has 4 rings (SSSR count). The van der Waals surface area contributed by atoms with Crippen LogP contribution in [0, 0.1) is 11.3 Å². The van der Waals surface area contributed by atoms with Gasteiger partial charge in [0.1, 0.15) is 11.5 Å². The first-order chi connectivity index (χ1) is 16.9. The van der Waals surface area contributed by atoms with Crippen LogP contribution in [-0.4, -0.2) is 38.9 Å². The molecule has 0 unspecified atom stereocenters. The van der Waals surface area contributed by atoms with Gasteiger partial charge in [0.25, 0.3) is 0 Å². The predicted octanol–water partition coefficient (Wildman–Crippen LogP) is 4.76. The van der Waals surface area contributed by atoms with Gasteiger partial charge in [-0.1, -0.05) is 24.3 Å². The van der Waals surface area contributed by atoms with Crippen molar-refractivity contribution in [3.63, 3.8) is 0 Å². The molecule has 1 aliphatic rings. The summed E-state index contributed by atoms with van der Waals surface area (Å²) >= 11 is 0. The van der Waals surface area contributed by atoms with Crippen LogP contribution in [0.4, 0.5) is 0 Å². The molecule has 35 heavy (non-hydrogen) atoms. The maximum Gasteiger partial charge on any atom is 0.343 e. The van der Waals surface area contributed by atoms with Crippen LogP contribution in [0.3, 0.4) is 0 Å². The zero-order chi connectivity index (χ0) is 24.8. The van der Waals surface area contributed by atoms with E-state index in [4.69, 9.17) is 9.47 Å². The fourth-order valence-corrected chi connectivity index (χ4v) is 5.36. The zero-order valence-corrected chi connectivity index (χ0v) is 20.0. The molecule has 0 saturated carbocycles. The minimum absolute atomic E-state index is 0.162. The van der Waals surface area contributed by atoms with Gasteiger partial charge in [-0.2, -0.15) is 9.57 Å². The van der Waals surface area contributed by atoms with E-state index in [2.05, 4.69) is 6.07 Å². The van der Waals surface area contributed by atoms with Gasteiger partial charge in [-0.05, 0) is 73.0 Å². The second-order valence-corrected chi connectivity index (χ2v) is 9.90. The van der Waals surface area contributed by atoms with Crippen molar-refractivity contribution in [2.75, 3.05) is 20.2 Å². The van der Waals surface area contributed by atoms with Crippen LogP contribution >= 0.6 is 0 Å². The number of para-hydroxylation sites is 1. The zero-order valence-electron chi connectivity index (χ0n) is 19.2. The number of hydrogen-bond donors (Lipinski definition) is 0. The number of allylic oxidation sites excluding steroid dienone is 1. The molecule has 1 fully saturated rings. The molecule has 1 heterocycles. The molecule has 0 atom stereocenters. The van der Waals surface area contributed by atoms with E-state index in [-0.39, 0.29) is 10.5 Å². The standard InChI is InChI=1S/C27H24N2O5S/c1-33-26-7-3-2-6-25(26)22(19-28)18-20-8-12-23(13-9-20)34-27(30)21-10-14-24(15-11-21)35(31,32)29-16-4-5-17-29/h2-3,6-15,18H,4-5,16-17H2,1H3/b22-18-. The normalized spacial score (nSPS) is 14.3. The number of ether oxygens (including phenoxy) is 2. The number of carbonyl (C=O) groups is 1. The van der Waals surface area contributed by atoms with Crippen molar-refractivity contribution in [3.8, 4) is 17.6 Å². The third-order valence-electron chi connectivity index (χ3n) is 5.71. The smallest absolute Gasteiger partial charge is 0.343 e. The van der Waals surface area contributed by atoms with E-state index in [0.717, 1.165) is 18.4 Å². The van der Waals surface area contributed by atoms with Crippen LogP contribution in [0.25, 0.3) is 11.6 Å². The Kier molecular flexibility index (Phi) is 7.30. The van der Waals surface area contributed by atoms with E-state index < -0.39 is 16.0 Å². The van der Waals surface area contributed by atoms with Crippen molar-refractivity contribution in [2.45, 2.75) is 17.7 Å². The number of carbonyl (C=O) groups excluding carboxylic acids is 1. The van der Waals surface area contributed by atoms with Gasteiger partial charge in [0.05, 0.1) is 29.2 Å². The number of nitriles is 1. The summed E-state index contributed by atoms with van der Waals surface area (Å²) in [6.07, 6.45) is 3.44. The molecular formula is C27H24N2O5S. The molecule has 0 aromatic heterocycles. The molecule has 0 N–H and O–H groups in total. The first kappa shape index (κ1) is 24.2. The number of esters is 1. The summed E-state index contributed by atoms with van der Waals surface area (Å²) < 4.78 is 37.5. The molecular weight excluding hydrogens is 464 g/mol. The lowest BCUT2D eigenvalue weighted by atomic mass is 10.0. The maximum atomic E-state index is 12.6. The van der Waals surface area contributed by atoms with E-state index in [9.17, 15) is 18.5 Å². The van der Waals surface area contributed by atoms with Gasteiger partial charge >= 0.3 is 5.97 Å². The Labute approximate surface area is 204 Å². The van der Waals surface area contributed by atoms with Crippen molar-refractivity contribution in [3.05, 3.63) is 89.5 Å². The summed E-state index contributed by atoms with van der Waals surface area (Å²) in [5.74, 6) is 0.340. The van der Waals surface area contributed by atoms with Crippen LogP contribution < -0.4 is 9.47 Å². The molecule has 0 aliphatic carbocycles. The number of benzene rings is 3. The van der Waals surface area contributed by atoms with Crippen LogP contribution in [-0.2, 0) is 10.0 Å². The Morgan fingerprint density at radius 2 is 1.63 bits per heavy atom. The third-order valence-corrected chi connectivity index (χ3v) is 7.62. The Bertz CT molecular complexity index is 1380. The molecule has 0 spiro atoms.